The summed E-state index contributed by atoms with van der Waals surface area (Å²) in [4.78, 5) is 12.2. The predicted octanol–water partition coefficient (Wildman–Crippen LogP) is 4.71. The number of aryl methyl sites for hydroxylation is 1. The molecule has 3 heteroatoms. The number of rotatable bonds is 4. The molecule has 3 aromatic rings. The first kappa shape index (κ1) is 15.3. The Bertz CT molecular complexity index is 890. The molecule has 3 nitrogen and oxygen atoms in total. The fourth-order valence-corrected chi connectivity index (χ4v) is 3.31. The standard InChI is InChI=1S/C20H21NO2/c1-5-15-8-6-7-9-18(15)21-13(2)20(14(3)22)17-12-16(23-4)10-11-19(17)21/h6-12H,5H2,1-4H3. The van der Waals surface area contributed by atoms with Crippen LogP contribution in [0.5, 0.6) is 5.75 Å². The van der Waals surface area contributed by atoms with Crippen LogP contribution in [0.4, 0.5) is 0 Å². The molecule has 0 N–H and O–H groups in total. The number of methoxy groups -OCH3 is 1. The number of hydrogen-bond donors (Lipinski definition) is 0. The smallest absolute Gasteiger partial charge is 0.162 e. The maximum absolute atomic E-state index is 12.2. The van der Waals surface area contributed by atoms with E-state index in [-0.39, 0.29) is 5.78 Å². The van der Waals surface area contributed by atoms with Crippen molar-refractivity contribution < 1.29 is 9.53 Å². The molecule has 23 heavy (non-hydrogen) atoms. The summed E-state index contributed by atoms with van der Waals surface area (Å²) in [6.07, 6.45) is 0.945. The first-order valence-corrected chi connectivity index (χ1v) is 7.86. The van der Waals surface area contributed by atoms with Crippen LogP contribution in [0.2, 0.25) is 0 Å². The zero-order chi connectivity index (χ0) is 16.6. The average Bonchev–Trinajstić information content (AvgIpc) is 2.85. The first-order valence-electron chi connectivity index (χ1n) is 7.86. The Morgan fingerprint density at radius 2 is 1.91 bits per heavy atom. The number of fused-ring (bicyclic) bond motifs is 1. The van der Waals surface area contributed by atoms with E-state index in [0.717, 1.165) is 40.0 Å². The summed E-state index contributed by atoms with van der Waals surface area (Å²) in [6.45, 7) is 5.78. The van der Waals surface area contributed by atoms with Crippen LogP contribution in [0.15, 0.2) is 42.5 Å². The van der Waals surface area contributed by atoms with Gasteiger partial charge < -0.3 is 9.30 Å². The van der Waals surface area contributed by atoms with E-state index < -0.39 is 0 Å². The molecule has 0 aliphatic heterocycles. The molecule has 0 atom stereocenters. The van der Waals surface area contributed by atoms with Crippen LogP contribution in [-0.4, -0.2) is 17.5 Å². The Kier molecular flexibility index (Phi) is 3.95. The van der Waals surface area contributed by atoms with E-state index in [2.05, 4.69) is 29.7 Å². The van der Waals surface area contributed by atoms with Gasteiger partial charge in [0.2, 0.25) is 0 Å². The van der Waals surface area contributed by atoms with Crippen molar-refractivity contribution in [2.75, 3.05) is 7.11 Å². The molecular formula is C20H21NO2. The van der Waals surface area contributed by atoms with Gasteiger partial charge >= 0.3 is 0 Å². The van der Waals surface area contributed by atoms with Gasteiger partial charge in [0.05, 0.1) is 12.6 Å². The molecule has 118 valence electrons. The summed E-state index contributed by atoms with van der Waals surface area (Å²) in [7, 11) is 1.64. The minimum absolute atomic E-state index is 0.0773. The number of ketones is 1. The van der Waals surface area contributed by atoms with Gasteiger partial charge in [-0.15, -0.1) is 0 Å². The molecule has 0 saturated heterocycles. The summed E-state index contributed by atoms with van der Waals surface area (Å²) in [5.41, 5.74) is 5.18. The lowest BCUT2D eigenvalue weighted by atomic mass is 10.1. The van der Waals surface area contributed by atoms with Gasteiger partial charge in [-0.1, -0.05) is 25.1 Å². The van der Waals surface area contributed by atoms with Gasteiger partial charge in [0.25, 0.3) is 0 Å². The molecule has 0 amide bonds. The molecule has 0 fully saturated rings. The van der Waals surface area contributed by atoms with Crippen molar-refractivity contribution in [3.8, 4) is 11.4 Å². The lowest BCUT2D eigenvalue weighted by molar-refractivity contribution is 0.101. The Hall–Kier alpha value is -2.55. The molecule has 0 spiro atoms. The van der Waals surface area contributed by atoms with Crippen molar-refractivity contribution in [1.82, 2.24) is 4.57 Å². The van der Waals surface area contributed by atoms with E-state index >= 15 is 0 Å². The van der Waals surface area contributed by atoms with Gasteiger partial charge in [-0.2, -0.15) is 0 Å². The fourth-order valence-electron chi connectivity index (χ4n) is 3.31. The highest BCUT2D eigenvalue weighted by Gasteiger charge is 2.19. The summed E-state index contributed by atoms with van der Waals surface area (Å²) < 4.78 is 7.52. The Balaban J connectivity index is 2.42. The highest BCUT2D eigenvalue weighted by atomic mass is 16.5. The summed E-state index contributed by atoms with van der Waals surface area (Å²) in [5, 5.41) is 0.945. The molecule has 0 bridgehead atoms. The van der Waals surface area contributed by atoms with Crippen molar-refractivity contribution in [3.05, 3.63) is 59.3 Å². The molecule has 0 aliphatic carbocycles. The van der Waals surface area contributed by atoms with Gasteiger partial charge in [0, 0.05) is 22.3 Å². The van der Waals surface area contributed by atoms with Crippen LogP contribution in [0.25, 0.3) is 16.6 Å². The van der Waals surface area contributed by atoms with Crippen molar-refractivity contribution in [1.29, 1.82) is 0 Å². The molecule has 2 aromatic carbocycles. The van der Waals surface area contributed by atoms with Crippen LogP contribution in [0, 0.1) is 6.92 Å². The molecule has 0 aliphatic rings. The third kappa shape index (κ3) is 2.42. The zero-order valence-corrected chi connectivity index (χ0v) is 14.0. The number of carbonyl (C=O) groups excluding carboxylic acids is 1. The van der Waals surface area contributed by atoms with Crippen LogP contribution >= 0.6 is 0 Å². The number of benzene rings is 2. The average molecular weight is 307 g/mol. The van der Waals surface area contributed by atoms with Crippen molar-refractivity contribution >= 4 is 16.7 Å². The third-order valence-electron chi connectivity index (χ3n) is 4.38. The topological polar surface area (TPSA) is 31.2 Å². The highest BCUT2D eigenvalue weighted by molar-refractivity contribution is 6.09. The largest absolute Gasteiger partial charge is 0.497 e. The fraction of sp³-hybridized carbons (Fsp3) is 0.250. The second-order valence-corrected chi connectivity index (χ2v) is 5.72. The maximum atomic E-state index is 12.2. The zero-order valence-electron chi connectivity index (χ0n) is 14.0. The number of aromatic nitrogens is 1. The minimum Gasteiger partial charge on any atom is -0.497 e. The number of carbonyl (C=O) groups is 1. The predicted molar refractivity (Wildman–Crippen MR) is 93.9 cm³/mol. The van der Waals surface area contributed by atoms with Crippen LogP contribution < -0.4 is 4.74 Å². The van der Waals surface area contributed by atoms with E-state index in [1.54, 1.807) is 14.0 Å². The van der Waals surface area contributed by atoms with E-state index in [1.165, 1.54) is 5.56 Å². The Morgan fingerprint density at radius 3 is 2.57 bits per heavy atom. The third-order valence-corrected chi connectivity index (χ3v) is 4.38. The molecule has 0 radical (unpaired) electrons. The van der Waals surface area contributed by atoms with E-state index in [9.17, 15) is 4.79 Å². The Morgan fingerprint density at radius 1 is 1.17 bits per heavy atom. The summed E-state index contributed by atoms with van der Waals surface area (Å²) in [5.74, 6) is 0.842. The number of hydrogen-bond acceptors (Lipinski definition) is 2. The molecule has 1 heterocycles. The molecule has 0 saturated carbocycles. The quantitative estimate of drug-likeness (QED) is 0.653. The van der Waals surface area contributed by atoms with Crippen molar-refractivity contribution in [3.63, 3.8) is 0 Å². The lowest BCUT2D eigenvalue weighted by Gasteiger charge is -2.13. The van der Waals surface area contributed by atoms with Gasteiger partial charge in [-0.05, 0) is 50.1 Å². The van der Waals surface area contributed by atoms with E-state index in [0.29, 0.717) is 0 Å². The van der Waals surface area contributed by atoms with E-state index in [4.69, 9.17) is 4.74 Å². The first-order chi connectivity index (χ1) is 11.1. The number of Topliss-reactive ketones (excluding diaryl/α,β-unsaturated/α-hetero) is 1. The second-order valence-electron chi connectivity index (χ2n) is 5.72. The molecule has 1 aromatic heterocycles. The van der Waals surface area contributed by atoms with Crippen molar-refractivity contribution in [2.24, 2.45) is 0 Å². The molecule has 3 rings (SSSR count). The van der Waals surface area contributed by atoms with Crippen LogP contribution in [-0.2, 0) is 6.42 Å². The Labute approximate surface area is 136 Å². The van der Waals surface area contributed by atoms with Crippen LogP contribution in [0.3, 0.4) is 0 Å². The number of nitrogens with zero attached hydrogens (tertiary/aromatic N) is 1. The van der Waals surface area contributed by atoms with Gasteiger partial charge in [-0.25, -0.2) is 0 Å². The van der Waals surface area contributed by atoms with Gasteiger partial charge in [0.15, 0.2) is 5.78 Å². The minimum atomic E-state index is 0.0773. The monoisotopic (exact) mass is 307 g/mol. The van der Waals surface area contributed by atoms with Gasteiger partial charge in [-0.3, -0.25) is 4.79 Å². The van der Waals surface area contributed by atoms with Crippen molar-refractivity contribution in [2.45, 2.75) is 27.2 Å². The lowest BCUT2D eigenvalue weighted by Crippen LogP contribution is -2.02. The van der Waals surface area contributed by atoms with E-state index in [1.807, 2.05) is 31.2 Å². The normalized spacial score (nSPS) is 11.0. The van der Waals surface area contributed by atoms with Crippen LogP contribution in [0.1, 0.15) is 35.5 Å². The number of para-hydroxylation sites is 1. The second kappa shape index (κ2) is 5.92. The summed E-state index contributed by atoms with van der Waals surface area (Å²) in [6, 6.07) is 14.3. The maximum Gasteiger partial charge on any atom is 0.162 e. The molecular weight excluding hydrogens is 286 g/mol. The highest BCUT2D eigenvalue weighted by Crippen LogP contribution is 2.33. The number of ether oxygens (including phenoxy) is 1. The SMILES string of the molecule is CCc1ccccc1-n1c(C)c(C(C)=O)c2cc(OC)ccc21. The van der Waals surface area contributed by atoms with Gasteiger partial charge in [0.1, 0.15) is 5.75 Å². The summed E-state index contributed by atoms with van der Waals surface area (Å²) >= 11 is 0. The molecule has 0 unspecified atom stereocenters.